The lowest BCUT2D eigenvalue weighted by molar-refractivity contribution is -0.137. The number of methoxy groups -OCH3 is 1. The number of aromatic nitrogens is 1. The lowest BCUT2D eigenvalue weighted by Crippen LogP contribution is -2.34. The molecule has 3 rings (SSSR count). The van der Waals surface area contributed by atoms with Crippen LogP contribution in [-0.2, 0) is 6.18 Å². The van der Waals surface area contributed by atoms with Gasteiger partial charge in [0.1, 0.15) is 5.75 Å². The van der Waals surface area contributed by atoms with E-state index in [4.69, 9.17) is 9.84 Å². The zero-order valence-electron chi connectivity index (χ0n) is 15.7. The normalized spacial score (nSPS) is 12.6. The van der Waals surface area contributed by atoms with Gasteiger partial charge >= 0.3 is 6.18 Å². The van der Waals surface area contributed by atoms with Gasteiger partial charge in [0.25, 0.3) is 5.91 Å². The fraction of sp³-hybridized carbons (Fsp3) is 0.238. The average molecular weight is 404 g/mol. The lowest BCUT2D eigenvalue weighted by Gasteiger charge is -2.13. The molecule has 5 nitrogen and oxygen atoms in total. The first-order valence-corrected chi connectivity index (χ1v) is 8.81. The number of amides is 1. The standard InChI is InChI=1S/C21H19F3N2O3/c1-12(11-27)25-20(28)14-5-8-16-18(9-14)26-17(10-19(16)29-2)13-3-6-15(7-4-13)21(22,23)24/h3-10,12,27H,11H2,1-2H3,(H,25,28). The third-order valence-corrected chi connectivity index (χ3v) is 4.41. The zero-order valence-corrected chi connectivity index (χ0v) is 15.7. The van der Waals surface area contributed by atoms with Crippen LogP contribution in [0.4, 0.5) is 13.2 Å². The van der Waals surface area contributed by atoms with Crippen molar-refractivity contribution in [2.24, 2.45) is 0 Å². The molecule has 0 aliphatic rings. The number of fused-ring (bicyclic) bond motifs is 1. The predicted molar refractivity (Wildman–Crippen MR) is 103 cm³/mol. The number of rotatable bonds is 5. The number of aliphatic hydroxyl groups is 1. The first kappa shape index (κ1) is 20.6. The number of alkyl halides is 3. The van der Waals surface area contributed by atoms with E-state index in [1.54, 1.807) is 31.2 Å². The molecule has 29 heavy (non-hydrogen) atoms. The number of carbonyl (C=O) groups excluding carboxylic acids is 1. The van der Waals surface area contributed by atoms with E-state index in [0.717, 1.165) is 12.1 Å². The summed E-state index contributed by atoms with van der Waals surface area (Å²) in [5.41, 5.74) is 0.970. The molecule has 0 radical (unpaired) electrons. The number of pyridine rings is 1. The monoisotopic (exact) mass is 404 g/mol. The van der Waals surface area contributed by atoms with Crippen LogP contribution in [0.1, 0.15) is 22.8 Å². The highest BCUT2D eigenvalue weighted by molar-refractivity contribution is 5.99. The van der Waals surface area contributed by atoms with Gasteiger partial charge in [-0.3, -0.25) is 4.79 Å². The summed E-state index contributed by atoms with van der Waals surface area (Å²) < 4.78 is 43.8. The highest BCUT2D eigenvalue weighted by atomic mass is 19.4. The topological polar surface area (TPSA) is 71.5 Å². The third-order valence-electron chi connectivity index (χ3n) is 4.41. The second-order valence-electron chi connectivity index (χ2n) is 6.57. The maximum absolute atomic E-state index is 12.8. The summed E-state index contributed by atoms with van der Waals surface area (Å²) in [6.45, 7) is 1.48. The molecule has 152 valence electrons. The van der Waals surface area contributed by atoms with Crippen LogP contribution in [0, 0.1) is 0 Å². The van der Waals surface area contributed by atoms with Crippen molar-refractivity contribution < 1.29 is 27.8 Å². The van der Waals surface area contributed by atoms with Crippen molar-refractivity contribution in [3.05, 3.63) is 59.7 Å². The van der Waals surface area contributed by atoms with Gasteiger partial charge in [-0.25, -0.2) is 4.98 Å². The largest absolute Gasteiger partial charge is 0.496 e. The Morgan fingerprint density at radius 2 is 1.86 bits per heavy atom. The summed E-state index contributed by atoms with van der Waals surface area (Å²) in [7, 11) is 1.48. The first-order chi connectivity index (χ1) is 13.7. The van der Waals surface area contributed by atoms with Gasteiger partial charge in [-0.05, 0) is 37.3 Å². The highest BCUT2D eigenvalue weighted by Crippen LogP contribution is 2.33. The Kier molecular flexibility index (Phi) is 5.74. The minimum atomic E-state index is -4.42. The molecule has 0 aliphatic heterocycles. The predicted octanol–water partition coefficient (Wildman–Crippen LogP) is 4.04. The molecule has 0 spiro atoms. The molecule has 8 heteroatoms. The van der Waals surface area contributed by atoms with Crippen LogP contribution in [0.3, 0.4) is 0 Å². The van der Waals surface area contributed by atoms with Crippen molar-refractivity contribution in [1.82, 2.24) is 10.3 Å². The summed E-state index contributed by atoms with van der Waals surface area (Å²) in [5.74, 6) is 0.120. The zero-order chi connectivity index (χ0) is 21.2. The van der Waals surface area contributed by atoms with Crippen LogP contribution in [0.5, 0.6) is 5.75 Å². The Labute approximate surface area is 165 Å². The molecule has 1 unspecified atom stereocenters. The van der Waals surface area contributed by atoms with Gasteiger partial charge in [0, 0.05) is 28.6 Å². The second-order valence-corrected chi connectivity index (χ2v) is 6.57. The number of nitrogens with zero attached hydrogens (tertiary/aromatic N) is 1. The third kappa shape index (κ3) is 4.48. The molecular weight excluding hydrogens is 385 g/mol. The molecule has 1 aromatic heterocycles. The second kappa shape index (κ2) is 8.08. The van der Waals surface area contributed by atoms with Crippen molar-refractivity contribution >= 4 is 16.8 Å². The Balaban J connectivity index is 2.04. The molecule has 1 atom stereocenters. The Hall–Kier alpha value is -3.13. The molecule has 0 saturated heterocycles. The summed E-state index contributed by atoms with van der Waals surface area (Å²) in [6.07, 6.45) is -4.42. The minimum Gasteiger partial charge on any atom is -0.496 e. The molecule has 3 aromatic rings. The van der Waals surface area contributed by atoms with Gasteiger partial charge in [-0.1, -0.05) is 12.1 Å². The molecule has 0 bridgehead atoms. The number of benzene rings is 2. The quantitative estimate of drug-likeness (QED) is 0.673. The van der Waals surface area contributed by atoms with Crippen LogP contribution in [0.15, 0.2) is 48.5 Å². The van der Waals surface area contributed by atoms with Gasteiger partial charge in [0.15, 0.2) is 0 Å². The Morgan fingerprint density at radius 3 is 2.45 bits per heavy atom. The van der Waals surface area contributed by atoms with E-state index in [2.05, 4.69) is 10.3 Å². The number of carbonyl (C=O) groups is 1. The van der Waals surface area contributed by atoms with E-state index in [0.29, 0.717) is 33.5 Å². The van der Waals surface area contributed by atoms with Crippen molar-refractivity contribution in [3.8, 4) is 17.0 Å². The average Bonchev–Trinajstić information content (AvgIpc) is 2.71. The summed E-state index contributed by atoms with van der Waals surface area (Å²) in [6, 6.07) is 10.8. The van der Waals surface area contributed by atoms with Crippen LogP contribution < -0.4 is 10.1 Å². The highest BCUT2D eigenvalue weighted by Gasteiger charge is 2.30. The molecule has 0 aliphatic carbocycles. The van der Waals surface area contributed by atoms with Crippen molar-refractivity contribution in [2.45, 2.75) is 19.1 Å². The summed E-state index contributed by atoms with van der Waals surface area (Å²) in [4.78, 5) is 16.8. The van der Waals surface area contributed by atoms with E-state index in [1.165, 1.54) is 19.2 Å². The molecule has 0 fully saturated rings. The van der Waals surface area contributed by atoms with Gasteiger partial charge in [0.05, 0.1) is 30.5 Å². The lowest BCUT2D eigenvalue weighted by atomic mass is 10.0. The van der Waals surface area contributed by atoms with Gasteiger partial charge < -0.3 is 15.2 Å². The molecule has 0 saturated carbocycles. The van der Waals surface area contributed by atoms with Gasteiger partial charge in [0.2, 0.25) is 0 Å². The number of hydrogen-bond donors (Lipinski definition) is 2. The van der Waals surface area contributed by atoms with Crippen LogP contribution in [-0.4, -0.2) is 35.8 Å². The maximum atomic E-state index is 12.8. The number of nitrogens with one attached hydrogen (secondary N) is 1. The van der Waals surface area contributed by atoms with Crippen LogP contribution in [0.25, 0.3) is 22.2 Å². The van der Waals surface area contributed by atoms with E-state index < -0.39 is 17.8 Å². The summed E-state index contributed by atoms with van der Waals surface area (Å²) >= 11 is 0. The van der Waals surface area contributed by atoms with Gasteiger partial charge in [-0.15, -0.1) is 0 Å². The SMILES string of the molecule is COc1cc(-c2ccc(C(F)(F)F)cc2)nc2cc(C(=O)NC(C)CO)ccc12. The van der Waals surface area contributed by atoms with Crippen LogP contribution >= 0.6 is 0 Å². The Morgan fingerprint density at radius 1 is 1.17 bits per heavy atom. The van der Waals surface area contributed by atoms with E-state index in [-0.39, 0.29) is 12.5 Å². The number of aliphatic hydroxyl groups excluding tert-OH is 1. The molecule has 2 N–H and O–H groups in total. The Bertz CT molecular complexity index is 1030. The van der Waals surface area contributed by atoms with Crippen molar-refractivity contribution in [3.63, 3.8) is 0 Å². The van der Waals surface area contributed by atoms with Crippen molar-refractivity contribution in [1.29, 1.82) is 0 Å². The van der Waals surface area contributed by atoms with Gasteiger partial charge in [-0.2, -0.15) is 13.2 Å². The fourth-order valence-corrected chi connectivity index (χ4v) is 2.84. The maximum Gasteiger partial charge on any atom is 0.416 e. The van der Waals surface area contributed by atoms with E-state index in [9.17, 15) is 18.0 Å². The molecule has 1 heterocycles. The summed E-state index contributed by atoms with van der Waals surface area (Å²) in [5, 5.41) is 12.4. The molecule has 2 aromatic carbocycles. The molecule has 1 amide bonds. The van der Waals surface area contributed by atoms with Crippen molar-refractivity contribution in [2.75, 3.05) is 13.7 Å². The van der Waals surface area contributed by atoms with E-state index >= 15 is 0 Å². The van der Waals surface area contributed by atoms with Crippen LogP contribution in [0.2, 0.25) is 0 Å². The molecular formula is C21H19F3N2O3. The number of hydrogen-bond acceptors (Lipinski definition) is 4. The fourth-order valence-electron chi connectivity index (χ4n) is 2.84. The number of ether oxygens (including phenoxy) is 1. The van der Waals surface area contributed by atoms with E-state index in [1.807, 2.05) is 0 Å². The number of halogens is 3. The smallest absolute Gasteiger partial charge is 0.416 e. The minimum absolute atomic E-state index is 0.191. The first-order valence-electron chi connectivity index (χ1n) is 8.81.